The number of carbonyl (C=O) groups is 2. The van der Waals surface area contributed by atoms with Crippen LogP contribution in [-0.4, -0.2) is 46.2 Å². The summed E-state index contributed by atoms with van der Waals surface area (Å²) in [6, 6.07) is 0. The minimum Gasteiger partial charge on any atom is -0.466 e. The summed E-state index contributed by atoms with van der Waals surface area (Å²) in [5.41, 5.74) is 0.910. The van der Waals surface area contributed by atoms with Crippen molar-refractivity contribution in [3.8, 4) is 0 Å². The van der Waals surface area contributed by atoms with E-state index in [1.807, 2.05) is 0 Å². The molecule has 124 valence electrons. The molecule has 0 radical (unpaired) electrons. The standard InChI is InChI=1S/C13H20N2O4S3/c1-3-18-11(16)5-7-20-9-10-13(22-15-14-10)21-8-6-12(17)19-4-2/h3-9H2,1-2H3. The van der Waals surface area contributed by atoms with Gasteiger partial charge < -0.3 is 9.47 Å². The van der Waals surface area contributed by atoms with Gasteiger partial charge in [0, 0.05) is 17.3 Å². The van der Waals surface area contributed by atoms with Crippen molar-refractivity contribution in [2.75, 3.05) is 24.7 Å². The molecule has 0 spiro atoms. The van der Waals surface area contributed by atoms with Crippen LogP contribution in [0.3, 0.4) is 0 Å². The van der Waals surface area contributed by atoms with E-state index in [0.717, 1.165) is 9.90 Å². The molecule has 0 unspecified atom stereocenters. The van der Waals surface area contributed by atoms with Crippen LogP contribution in [0, 0.1) is 0 Å². The molecule has 0 N–H and O–H groups in total. The predicted molar refractivity (Wildman–Crippen MR) is 89.3 cm³/mol. The fourth-order valence-corrected chi connectivity index (χ4v) is 4.18. The molecule has 0 aliphatic heterocycles. The smallest absolute Gasteiger partial charge is 0.306 e. The van der Waals surface area contributed by atoms with E-state index < -0.39 is 0 Å². The molecule has 0 amide bonds. The third kappa shape index (κ3) is 8.00. The van der Waals surface area contributed by atoms with Gasteiger partial charge in [-0.3, -0.25) is 9.59 Å². The first-order valence-corrected chi connectivity index (χ1v) is 9.91. The van der Waals surface area contributed by atoms with E-state index in [1.165, 1.54) is 11.5 Å². The van der Waals surface area contributed by atoms with Crippen molar-refractivity contribution in [3.63, 3.8) is 0 Å². The van der Waals surface area contributed by atoms with Crippen LogP contribution >= 0.6 is 35.1 Å². The second kappa shape index (κ2) is 11.7. The van der Waals surface area contributed by atoms with E-state index >= 15 is 0 Å². The van der Waals surface area contributed by atoms with Crippen molar-refractivity contribution >= 4 is 47.0 Å². The molecule has 0 aromatic carbocycles. The molecule has 0 fully saturated rings. The Hall–Kier alpha value is -0.800. The van der Waals surface area contributed by atoms with Crippen molar-refractivity contribution in [2.45, 2.75) is 36.7 Å². The van der Waals surface area contributed by atoms with Crippen molar-refractivity contribution in [3.05, 3.63) is 5.69 Å². The Kier molecular flexibility index (Phi) is 10.3. The fourth-order valence-electron chi connectivity index (χ4n) is 1.42. The van der Waals surface area contributed by atoms with E-state index in [9.17, 15) is 9.59 Å². The third-order valence-electron chi connectivity index (χ3n) is 2.36. The van der Waals surface area contributed by atoms with Gasteiger partial charge in [-0.15, -0.1) is 16.9 Å². The maximum atomic E-state index is 11.3. The maximum absolute atomic E-state index is 11.3. The van der Waals surface area contributed by atoms with Crippen molar-refractivity contribution in [1.82, 2.24) is 9.59 Å². The quantitative estimate of drug-likeness (QED) is 0.337. The molecular formula is C13H20N2O4S3. The van der Waals surface area contributed by atoms with E-state index in [4.69, 9.17) is 9.47 Å². The average molecular weight is 365 g/mol. The van der Waals surface area contributed by atoms with Gasteiger partial charge in [-0.2, -0.15) is 11.8 Å². The lowest BCUT2D eigenvalue weighted by Crippen LogP contribution is -2.05. The van der Waals surface area contributed by atoms with Gasteiger partial charge in [0.15, 0.2) is 0 Å². The number of carbonyl (C=O) groups excluding carboxylic acids is 2. The van der Waals surface area contributed by atoms with Crippen molar-refractivity contribution < 1.29 is 19.1 Å². The van der Waals surface area contributed by atoms with Gasteiger partial charge in [0.2, 0.25) is 0 Å². The van der Waals surface area contributed by atoms with Crippen molar-refractivity contribution in [1.29, 1.82) is 0 Å². The lowest BCUT2D eigenvalue weighted by Gasteiger charge is -2.03. The van der Waals surface area contributed by atoms with Crippen LogP contribution in [0.25, 0.3) is 0 Å². The molecule has 0 aliphatic rings. The lowest BCUT2D eigenvalue weighted by molar-refractivity contribution is -0.143. The van der Waals surface area contributed by atoms with Gasteiger partial charge in [0.25, 0.3) is 0 Å². The second-order valence-electron chi connectivity index (χ2n) is 4.02. The molecular weight excluding hydrogens is 344 g/mol. The molecule has 1 heterocycles. The van der Waals surface area contributed by atoms with Crippen LogP contribution in [-0.2, 0) is 24.8 Å². The summed E-state index contributed by atoms with van der Waals surface area (Å²) < 4.78 is 14.7. The number of thioether (sulfide) groups is 2. The highest BCUT2D eigenvalue weighted by Crippen LogP contribution is 2.28. The van der Waals surface area contributed by atoms with Gasteiger partial charge in [-0.05, 0) is 25.4 Å². The second-order valence-corrected chi connectivity index (χ2v) is 7.24. The van der Waals surface area contributed by atoms with E-state index in [1.54, 1.807) is 37.4 Å². The first-order chi connectivity index (χ1) is 10.7. The zero-order chi connectivity index (χ0) is 16.2. The SMILES string of the molecule is CCOC(=O)CCSCc1nnsc1SCCC(=O)OCC. The van der Waals surface area contributed by atoms with Gasteiger partial charge in [0.1, 0.15) is 4.21 Å². The van der Waals surface area contributed by atoms with Crippen LogP contribution in [0.15, 0.2) is 4.21 Å². The number of hydrogen-bond donors (Lipinski definition) is 0. The maximum Gasteiger partial charge on any atom is 0.306 e. The Morgan fingerprint density at radius 1 is 1.09 bits per heavy atom. The van der Waals surface area contributed by atoms with Crippen LogP contribution in [0.1, 0.15) is 32.4 Å². The molecule has 0 saturated carbocycles. The largest absolute Gasteiger partial charge is 0.466 e. The molecule has 0 saturated heterocycles. The van der Waals surface area contributed by atoms with E-state index in [2.05, 4.69) is 9.59 Å². The van der Waals surface area contributed by atoms with Gasteiger partial charge >= 0.3 is 11.9 Å². The van der Waals surface area contributed by atoms with Gasteiger partial charge in [-0.25, -0.2) is 0 Å². The van der Waals surface area contributed by atoms with Crippen LogP contribution < -0.4 is 0 Å². The minimum atomic E-state index is -0.183. The summed E-state index contributed by atoms with van der Waals surface area (Å²) in [6.45, 7) is 4.42. The molecule has 1 rings (SSSR count). The minimum absolute atomic E-state index is 0.171. The Bertz CT molecular complexity index is 468. The number of aromatic nitrogens is 2. The van der Waals surface area contributed by atoms with Crippen molar-refractivity contribution in [2.24, 2.45) is 0 Å². The zero-order valence-corrected chi connectivity index (χ0v) is 15.2. The first kappa shape index (κ1) is 19.2. The fraction of sp³-hybridized carbons (Fsp3) is 0.692. The van der Waals surface area contributed by atoms with Crippen LogP contribution in [0.4, 0.5) is 0 Å². The summed E-state index contributed by atoms with van der Waals surface area (Å²) in [5.74, 6) is 1.71. The van der Waals surface area contributed by atoms with Crippen LogP contribution in [0.2, 0.25) is 0 Å². The highest BCUT2D eigenvalue weighted by atomic mass is 32.2. The molecule has 0 aliphatic carbocycles. The Morgan fingerprint density at radius 3 is 2.36 bits per heavy atom. The Balaban J connectivity index is 2.24. The number of hydrogen-bond acceptors (Lipinski definition) is 9. The normalized spacial score (nSPS) is 10.5. The topological polar surface area (TPSA) is 78.4 Å². The molecule has 0 bridgehead atoms. The Labute approximate surface area is 142 Å². The first-order valence-electron chi connectivity index (χ1n) is 7.00. The molecule has 9 heteroatoms. The summed E-state index contributed by atoms with van der Waals surface area (Å²) in [5, 5.41) is 4.10. The van der Waals surface area contributed by atoms with Gasteiger partial charge in [0.05, 0.1) is 31.7 Å². The number of nitrogens with zero attached hydrogens (tertiary/aromatic N) is 2. The summed E-state index contributed by atoms with van der Waals surface area (Å²) in [7, 11) is 0. The molecule has 1 aromatic heterocycles. The number of rotatable bonds is 11. The highest BCUT2D eigenvalue weighted by Gasteiger charge is 2.11. The molecule has 0 atom stereocenters. The lowest BCUT2D eigenvalue weighted by atomic mass is 10.5. The van der Waals surface area contributed by atoms with Crippen LogP contribution in [0.5, 0.6) is 0 Å². The van der Waals surface area contributed by atoms with E-state index in [-0.39, 0.29) is 11.9 Å². The molecule has 1 aromatic rings. The monoisotopic (exact) mass is 364 g/mol. The molecule has 6 nitrogen and oxygen atoms in total. The molecule has 22 heavy (non-hydrogen) atoms. The number of esters is 2. The van der Waals surface area contributed by atoms with Gasteiger partial charge in [-0.1, -0.05) is 4.49 Å². The van der Waals surface area contributed by atoms with E-state index in [0.29, 0.717) is 43.3 Å². The summed E-state index contributed by atoms with van der Waals surface area (Å²) >= 11 is 4.53. The average Bonchev–Trinajstić information content (AvgIpc) is 2.92. The third-order valence-corrected chi connectivity index (χ3v) is 5.38. The Morgan fingerprint density at radius 2 is 1.73 bits per heavy atom. The predicted octanol–water partition coefficient (Wildman–Crippen LogP) is 2.77. The zero-order valence-electron chi connectivity index (χ0n) is 12.7. The summed E-state index contributed by atoms with van der Waals surface area (Å²) in [4.78, 5) is 22.5. The highest BCUT2D eigenvalue weighted by molar-refractivity contribution is 8.01. The summed E-state index contributed by atoms with van der Waals surface area (Å²) in [6.07, 6.45) is 0.785. The number of ether oxygens (including phenoxy) is 2.